The molecule has 6 nitrogen and oxygen atoms in total. The molecule has 0 amide bonds. The molecule has 1 heterocycles. The molecule has 94 valence electrons. The minimum Gasteiger partial charge on any atom is -0.481 e. The van der Waals surface area contributed by atoms with Crippen LogP contribution in [0.3, 0.4) is 0 Å². The number of hydrogen-bond acceptors (Lipinski definition) is 5. The lowest BCUT2D eigenvalue weighted by Gasteiger charge is -2.04. The van der Waals surface area contributed by atoms with Gasteiger partial charge in [-0.2, -0.15) is 10.2 Å². The van der Waals surface area contributed by atoms with Crippen molar-refractivity contribution < 1.29 is 14.6 Å². The number of carbonyl (C=O) groups is 1. The monoisotopic (exact) mass is 255 g/mol. The van der Waals surface area contributed by atoms with E-state index >= 15 is 0 Å². The van der Waals surface area contributed by atoms with Crippen LogP contribution in [0.15, 0.2) is 36.5 Å². The molecule has 0 saturated heterocycles. The van der Waals surface area contributed by atoms with Crippen molar-refractivity contribution in [1.82, 2.24) is 9.97 Å². The molecular formula is C13H9N3O3. The first-order valence-electron chi connectivity index (χ1n) is 5.39. The number of carboxylic acids is 1. The van der Waals surface area contributed by atoms with Crippen LogP contribution < -0.4 is 4.74 Å². The van der Waals surface area contributed by atoms with E-state index in [1.807, 2.05) is 6.07 Å². The Balaban J connectivity index is 2.11. The highest BCUT2D eigenvalue weighted by atomic mass is 16.5. The van der Waals surface area contributed by atoms with Crippen molar-refractivity contribution in [2.24, 2.45) is 0 Å². The molecule has 0 aliphatic heterocycles. The Morgan fingerprint density at radius 3 is 2.68 bits per heavy atom. The molecule has 1 N–H and O–H groups in total. The lowest BCUT2D eigenvalue weighted by Crippen LogP contribution is -1.99. The van der Waals surface area contributed by atoms with Crippen molar-refractivity contribution in [2.75, 3.05) is 0 Å². The molecule has 2 rings (SSSR count). The van der Waals surface area contributed by atoms with E-state index in [0.29, 0.717) is 11.3 Å². The average molecular weight is 255 g/mol. The number of hydrogen-bond donors (Lipinski definition) is 1. The highest BCUT2D eigenvalue weighted by Crippen LogP contribution is 2.18. The summed E-state index contributed by atoms with van der Waals surface area (Å²) in [7, 11) is 0. The smallest absolute Gasteiger partial charge is 0.323 e. The van der Waals surface area contributed by atoms with Gasteiger partial charge in [0.1, 0.15) is 17.5 Å². The van der Waals surface area contributed by atoms with Crippen LogP contribution in [0, 0.1) is 11.3 Å². The van der Waals surface area contributed by atoms with E-state index < -0.39 is 5.97 Å². The van der Waals surface area contributed by atoms with Gasteiger partial charge in [0.15, 0.2) is 0 Å². The van der Waals surface area contributed by atoms with Crippen LogP contribution in [0.4, 0.5) is 0 Å². The second-order valence-corrected chi connectivity index (χ2v) is 3.65. The van der Waals surface area contributed by atoms with E-state index in [9.17, 15) is 4.79 Å². The zero-order valence-electron chi connectivity index (χ0n) is 9.78. The molecule has 0 bridgehead atoms. The van der Waals surface area contributed by atoms with E-state index in [1.165, 1.54) is 12.3 Å². The summed E-state index contributed by atoms with van der Waals surface area (Å²) >= 11 is 0. The van der Waals surface area contributed by atoms with Gasteiger partial charge in [0, 0.05) is 6.20 Å². The van der Waals surface area contributed by atoms with Gasteiger partial charge < -0.3 is 9.84 Å². The Hall–Kier alpha value is -2.94. The molecule has 0 atom stereocenters. The van der Waals surface area contributed by atoms with E-state index in [4.69, 9.17) is 15.1 Å². The average Bonchev–Trinajstić information content (AvgIpc) is 2.41. The quantitative estimate of drug-likeness (QED) is 0.894. The molecule has 2 aromatic rings. The van der Waals surface area contributed by atoms with Gasteiger partial charge in [-0.3, -0.25) is 4.79 Å². The lowest BCUT2D eigenvalue weighted by atomic mass is 10.1. The first-order chi connectivity index (χ1) is 9.17. The van der Waals surface area contributed by atoms with E-state index in [1.54, 1.807) is 24.3 Å². The van der Waals surface area contributed by atoms with Crippen molar-refractivity contribution in [3.8, 4) is 17.8 Å². The summed E-state index contributed by atoms with van der Waals surface area (Å²) in [6.45, 7) is 0. The molecule has 0 aliphatic rings. The number of nitrogens with zero attached hydrogens (tertiary/aromatic N) is 3. The van der Waals surface area contributed by atoms with Crippen LogP contribution in [0.1, 0.15) is 11.3 Å². The van der Waals surface area contributed by atoms with Gasteiger partial charge in [-0.25, -0.2) is 4.98 Å². The highest BCUT2D eigenvalue weighted by Gasteiger charge is 2.04. The summed E-state index contributed by atoms with van der Waals surface area (Å²) in [5.74, 6) is -0.414. The van der Waals surface area contributed by atoms with E-state index in [2.05, 4.69) is 9.97 Å². The fraction of sp³-hybridized carbons (Fsp3) is 0.0769. The maximum Gasteiger partial charge on any atom is 0.323 e. The van der Waals surface area contributed by atoms with Crippen molar-refractivity contribution in [1.29, 1.82) is 5.26 Å². The Labute approximate surface area is 108 Å². The van der Waals surface area contributed by atoms with Crippen molar-refractivity contribution in [3.05, 3.63) is 47.8 Å². The molecular weight excluding hydrogens is 246 g/mol. The number of nitriles is 1. The van der Waals surface area contributed by atoms with Gasteiger partial charge in [0.2, 0.25) is 0 Å². The van der Waals surface area contributed by atoms with Crippen LogP contribution in [0.5, 0.6) is 11.8 Å². The number of benzene rings is 1. The summed E-state index contributed by atoms with van der Waals surface area (Å²) in [6.07, 6.45) is 1.39. The molecule has 1 aromatic heterocycles. The van der Waals surface area contributed by atoms with Crippen molar-refractivity contribution in [3.63, 3.8) is 0 Å². The number of carboxylic acid groups (broad SMARTS) is 1. The first-order valence-corrected chi connectivity index (χ1v) is 5.39. The summed E-state index contributed by atoms with van der Waals surface area (Å²) in [6, 6.07) is 9.99. The Morgan fingerprint density at radius 2 is 2.05 bits per heavy atom. The molecule has 19 heavy (non-hydrogen) atoms. The van der Waals surface area contributed by atoms with Crippen molar-refractivity contribution in [2.45, 2.75) is 6.42 Å². The Bertz CT molecular complexity index is 632. The SMILES string of the molecule is N#Cc1ccnc(Oc2ccc(CC(=O)O)cc2)n1. The summed E-state index contributed by atoms with van der Waals surface area (Å²) < 4.78 is 5.36. The molecule has 0 saturated carbocycles. The third-order valence-corrected chi connectivity index (χ3v) is 2.24. The van der Waals surface area contributed by atoms with Crippen molar-refractivity contribution >= 4 is 5.97 Å². The highest BCUT2D eigenvalue weighted by molar-refractivity contribution is 5.70. The largest absolute Gasteiger partial charge is 0.481 e. The van der Waals surface area contributed by atoms with Crippen LogP contribution in [0.25, 0.3) is 0 Å². The van der Waals surface area contributed by atoms with E-state index in [-0.39, 0.29) is 18.1 Å². The van der Waals surface area contributed by atoms with Gasteiger partial charge >= 0.3 is 12.0 Å². The molecule has 0 unspecified atom stereocenters. The molecule has 0 spiro atoms. The second kappa shape index (κ2) is 5.60. The topological polar surface area (TPSA) is 96.1 Å². The zero-order chi connectivity index (χ0) is 13.7. The van der Waals surface area contributed by atoms with Crippen LogP contribution in [-0.2, 0) is 11.2 Å². The zero-order valence-corrected chi connectivity index (χ0v) is 9.78. The van der Waals surface area contributed by atoms with Crippen LogP contribution in [-0.4, -0.2) is 21.0 Å². The third kappa shape index (κ3) is 3.51. The number of ether oxygens (including phenoxy) is 1. The summed E-state index contributed by atoms with van der Waals surface area (Å²) in [5, 5.41) is 17.3. The number of rotatable bonds is 4. The van der Waals surface area contributed by atoms with E-state index in [0.717, 1.165) is 0 Å². The Morgan fingerprint density at radius 1 is 1.32 bits per heavy atom. The maximum absolute atomic E-state index is 10.5. The number of aliphatic carboxylic acids is 1. The van der Waals surface area contributed by atoms with Gasteiger partial charge in [0.25, 0.3) is 0 Å². The van der Waals surface area contributed by atoms with Gasteiger partial charge in [-0.05, 0) is 23.8 Å². The van der Waals surface area contributed by atoms with Gasteiger partial charge in [-0.1, -0.05) is 12.1 Å². The van der Waals surface area contributed by atoms with Gasteiger partial charge in [0.05, 0.1) is 6.42 Å². The fourth-order valence-electron chi connectivity index (χ4n) is 1.41. The summed E-state index contributed by atoms with van der Waals surface area (Å²) in [4.78, 5) is 18.3. The Kier molecular flexibility index (Phi) is 3.69. The predicted octanol–water partition coefficient (Wildman–Crippen LogP) is 1.77. The van der Waals surface area contributed by atoms with Crippen LogP contribution >= 0.6 is 0 Å². The lowest BCUT2D eigenvalue weighted by molar-refractivity contribution is -0.136. The maximum atomic E-state index is 10.5. The second-order valence-electron chi connectivity index (χ2n) is 3.65. The molecule has 0 radical (unpaired) electrons. The minimum absolute atomic E-state index is 0.0410. The predicted molar refractivity (Wildman–Crippen MR) is 64.6 cm³/mol. The molecule has 1 aromatic carbocycles. The fourth-order valence-corrected chi connectivity index (χ4v) is 1.41. The normalized spacial score (nSPS) is 9.63. The standard InChI is InChI=1S/C13H9N3O3/c14-8-10-5-6-15-13(16-10)19-11-3-1-9(2-4-11)7-12(17)18/h1-6H,7H2,(H,17,18). The first kappa shape index (κ1) is 12.5. The number of aromatic nitrogens is 2. The molecule has 0 aliphatic carbocycles. The third-order valence-electron chi connectivity index (χ3n) is 2.24. The van der Waals surface area contributed by atoms with Crippen LogP contribution in [0.2, 0.25) is 0 Å². The summed E-state index contributed by atoms with van der Waals surface area (Å²) in [5.41, 5.74) is 0.888. The van der Waals surface area contributed by atoms with Gasteiger partial charge in [-0.15, -0.1) is 0 Å². The molecule has 6 heteroatoms. The minimum atomic E-state index is -0.890. The molecule has 0 fully saturated rings.